The van der Waals surface area contributed by atoms with Gasteiger partial charge in [0.05, 0.1) is 22.5 Å². The highest BCUT2D eigenvalue weighted by molar-refractivity contribution is 9.10. The molecule has 1 aliphatic heterocycles. The van der Waals surface area contributed by atoms with Gasteiger partial charge in [-0.05, 0) is 82.2 Å². The Balaban J connectivity index is 1.62. The summed E-state index contributed by atoms with van der Waals surface area (Å²) in [5.74, 6) is 1.06. The zero-order valence-electron chi connectivity index (χ0n) is 15.7. The molecule has 1 aliphatic rings. The summed E-state index contributed by atoms with van der Waals surface area (Å²) in [6.07, 6.45) is 2.63. The van der Waals surface area contributed by atoms with Crippen molar-refractivity contribution in [1.29, 1.82) is 0 Å². The highest BCUT2D eigenvalue weighted by Crippen LogP contribution is 2.33. The van der Waals surface area contributed by atoms with Crippen LogP contribution in [0.25, 0.3) is 6.08 Å². The van der Waals surface area contributed by atoms with Gasteiger partial charge >= 0.3 is 0 Å². The topological polar surface area (TPSA) is 55.8 Å². The van der Waals surface area contributed by atoms with E-state index in [0.717, 1.165) is 34.0 Å². The molecule has 0 aliphatic carbocycles. The summed E-state index contributed by atoms with van der Waals surface area (Å²) in [5.41, 5.74) is 0.809. The normalized spacial score (nSPS) is 15.3. The van der Waals surface area contributed by atoms with Crippen molar-refractivity contribution in [2.45, 2.75) is 13.3 Å². The zero-order valence-corrected chi connectivity index (χ0v) is 18.9. The molecule has 0 spiro atoms. The van der Waals surface area contributed by atoms with E-state index in [0.29, 0.717) is 22.3 Å². The molecular formula is C21H19BrClNO4S. The number of benzene rings is 2. The van der Waals surface area contributed by atoms with E-state index < -0.39 is 0 Å². The van der Waals surface area contributed by atoms with Crippen LogP contribution in [-0.2, 0) is 4.79 Å². The summed E-state index contributed by atoms with van der Waals surface area (Å²) >= 11 is 10.2. The Bertz CT molecular complexity index is 933. The van der Waals surface area contributed by atoms with Crippen LogP contribution in [0.15, 0.2) is 51.8 Å². The Hall–Kier alpha value is -1.96. The largest absolute Gasteiger partial charge is 0.492 e. The Morgan fingerprint density at radius 1 is 1.10 bits per heavy atom. The molecule has 0 saturated carbocycles. The van der Waals surface area contributed by atoms with Gasteiger partial charge in [-0.2, -0.15) is 0 Å². The van der Waals surface area contributed by atoms with E-state index in [-0.39, 0.29) is 24.3 Å². The molecule has 2 amide bonds. The Morgan fingerprint density at radius 3 is 2.55 bits per heavy atom. The minimum absolute atomic E-state index is 0.179. The van der Waals surface area contributed by atoms with E-state index in [9.17, 15) is 9.59 Å². The maximum absolute atomic E-state index is 12.6. The standard InChI is InChI=1S/C21H19BrClNO4S/c1-2-10-28-18-8-3-14(12-17(18)22)13-19-20(25)24(21(26)29-19)9-11-27-16-6-4-15(23)5-7-16/h3-8,12-13H,2,9-11H2,1H3/b19-13-. The smallest absolute Gasteiger partial charge is 0.293 e. The summed E-state index contributed by atoms with van der Waals surface area (Å²) in [5, 5.41) is 0.313. The fraction of sp³-hybridized carbons (Fsp3) is 0.238. The zero-order chi connectivity index (χ0) is 20.8. The van der Waals surface area contributed by atoms with Crippen molar-refractivity contribution >= 4 is 56.5 Å². The summed E-state index contributed by atoms with van der Waals surface area (Å²) in [7, 11) is 0. The number of amides is 2. The second-order valence-electron chi connectivity index (χ2n) is 6.17. The summed E-state index contributed by atoms with van der Waals surface area (Å²) in [6, 6.07) is 12.5. The Morgan fingerprint density at radius 2 is 1.86 bits per heavy atom. The highest BCUT2D eigenvalue weighted by atomic mass is 79.9. The number of hydrogen-bond donors (Lipinski definition) is 0. The van der Waals surface area contributed by atoms with Gasteiger partial charge in [0.25, 0.3) is 11.1 Å². The minimum atomic E-state index is -0.317. The second kappa shape index (κ2) is 10.2. The van der Waals surface area contributed by atoms with Crippen molar-refractivity contribution < 1.29 is 19.1 Å². The molecule has 5 nitrogen and oxygen atoms in total. The number of imide groups is 1. The van der Waals surface area contributed by atoms with Crippen LogP contribution in [0.1, 0.15) is 18.9 Å². The van der Waals surface area contributed by atoms with Crippen molar-refractivity contribution in [3.63, 3.8) is 0 Å². The van der Waals surface area contributed by atoms with E-state index in [4.69, 9.17) is 21.1 Å². The number of nitrogens with zero attached hydrogens (tertiary/aromatic N) is 1. The quantitative estimate of drug-likeness (QED) is 0.419. The van der Waals surface area contributed by atoms with Gasteiger partial charge in [0.15, 0.2) is 0 Å². The molecule has 152 valence electrons. The lowest BCUT2D eigenvalue weighted by Gasteiger charge is -2.13. The van der Waals surface area contributed by atoms with Gasteiger partial charge in [0, 0.05) is 5.02 Å². The molecule has 2 aromatic carbocycles. The lowest BCUT2D eigenvalue weighted by Crippen LogP contribution is -2.32. The van der Waals surface area contributed by atoms with Gasteiger partial charge in [-0.3, -0.25) is 14.5 Å². The monoisotopic (exact) mass is 495 g/mol. The van der Waals surface area contributed by atoms with Crippen molar-refractivity contribution in [2.75, 3.05) is 19.8 Å². The van der Waals surface area contributed by atoms with Crippen molar-refractivity contribution in [3.05, 3.63) is 62.4 Å². The van der Waals surface area contributed by atoms with Crippen molar-refractivity contribution in [1.82, 2.24) is 4.90 Å². The summed E-state index contributed by atoms with van der Waals surface area (Å²) in [6.45, 7) is 3.06. The number of halogens is 2. The molecule has 29 heavy (non-hydrogen) atoms. The molecule has 0 bridgehead atoms. The van der Waals surface area contributed by atoms with Crippen molar-refractivity contribution in [2.24, 2.45) is 0 Å². The number of thioether (sulfide) groups is 1. The maximum atomic E-state index is 12.6. The van der Waals surface area contributed by atoms with Crippen LogP contribution < -0.4 is 9.47 Å². The van der Waals surface area contributed by atoms with Gasteiger partial charge in [0.2, 0.25) is 0 Å². The predicted molar refractivity (Wildman–Crippen MR) is 120 cm³/mol. The fourth-order valence-electron chi connectivity index (χ4n) is 2.57. The average molecular weight is 497 g/mol. The van der Waals surface area contributed by atoms with E-state index in [1.54, 1.807) is 30.3 Å². The first-order chi connectivity index (χ1) is 14.0. The van der Waals surface area contributed by atoms with Crippen LogP contribution in [0.3, 0.4) is 0 Å². The van der Waals surface area contributed by atoms with E-state index >= 15 is 0 Å². The summed E-state index contributed by atoms with van der Waals surface area (Å²) in [4.78, 5) is 26.4. The van der Waals surface area contributed by atoms with Gasteiger partial charge < -0.3 is 9.47 Å². The van der Waals surface area contributed by atoms with Gasteiger partial charge in [-0.1, -0.05) is 24.6 Å². The van der Waals surface area contributed by atoms with Crippen LogP contribution >= 0.6 is 39.3 Å². The predicted octanol–water partition coefficient (Wildman–Crippen LogP) is 6.01. The maximum Gasteiger partial charge on any atom is 0.293 e. The molecular weight excluding hydrogens is 478 g/mol. The first-order valence-electron chi connectivity index (χ1n) is 9.04. The van der Waals surface area contributed by atoms with Gasteiger partial charge in [0.1, 0.15) is 18.1 Å². The van der Waals surface area contributed by atoms with Gasteiger partial charge in [-0.15, -0.1) is 0 Å². The van der Waals surface area contributed by atoms with E-state index in [2.05, 4.69) is 15.9 Å². The molecule has 0 unspecified atom stereocenters. The molecule has 1 saturated heterocycles. The molecule has 3 rings (SSSR count). The van der Waals surface area contributed by atoms with Crippen LogP contribution in [-0.4, -0.2) is 35.8 Å². The highest BCUT2D eigenvalue weighted by Gasteiger charge is 2.34. The number of rotatable bonds is 8. The molecule has 1 heterocycles. The van der Waals surface area contributed by atoms with Gasteiger partial charge in [-0.25, -0.2) is 0 Å². The molecule has 0 aromatic heterocycles. The Labute approximate surface area is 187 Å². The number of carbonyl (C=O) groups is 2. The van der Waals surface area contributed by atoms with E-state index in [1.807, 2.05) is 25.1 Å². The Kier molecular flexibility index (Phi) is 7.64. The first-order valence-corrected chi connectivity index (χ1v) is 11.0. The van der Waals surface area contributed by atoms with Crippen LogP contribution in [0, 0.1) is 0 Å². The molecule has 0 atom stereocenters. The SMILES string of the molecule is CCCOc1ccc(/C=C2\SC(=O)N(CCOc3ccc(Cl)cc3)C2=O)cc1Br. The fourth-order valence-corrected chi connectivity index (χ4v) is 4.07. The van der Waals surface area contributed by atoms with E-state index in [1.165, 1.54) is 4.90 Å². The third-order valence-electron chi connectivity index (χ3n) is 3.99. The number of hydrogen-bond acceptors (Lipinski definition) is 5. The lowest BCUT2D eigenvalue weighted by molar-refractivity contribution is -0.123. The molecule has 0 radical (unpaired) electrons. The number of carbonyl (C=O) groups excluding carboxylic acids is 2. The number of ether oxygens (including phenoxy) is 2. The second-order valence-corrected chi connectivity index (χ2v) is 8.46. The van der Waals surface area contributed by atoms with Crippen LogP contribution in [0.2, 0.25) is 5.02 Å². The molecule has 1 fully saturated rings. The molecule has 2 aromatic rings. The molecule has 8 heteroatoms. The van der Waals surface area contributed by atoms with Crippen LogP contribution in [0.5, 0.6) is 11.5 Å². The van der Waals surface area contributed by atoms with Crippen molar-refractivity contribution in [3.8, 4) is 11.5 Å². The lowest BCUT2D eigenvalue weighted by atomic mass is 10.2. The average Bonchev–Trinajstić information content (AvgIpc) is 2.96. The van der Waals surface area contributed by atoms with Crippen LogP contribution in [0.4, 0.5) is 4.79 Å². The minimum Gasteiger partial charge on any atom is -0.492 e. The third-order valence-corrected chi connectivity index (χ3v) is 5.77. The first kappa shape index (κ1) is 21.7. The third kappa shape index (κ3) is 5.78. The summed E-state index contributed by atoms with van der Waals surface area (Å²) < 4.78 is 12.0. The molecule has 0 N–H and O–H groups in total.